The number of fused-ring (bicyclic) bond motifs is 1. The van der Waals surface area contributed by atoms with Crippen molar-refractivity contribution in [3.63, 3.8) is 0 Å². The van der Waals surface area contributed by atoms with Gasteiger partial charge in [0.15, 0.2) is 6.40 Å². The van der Waals surface area contributed by atoms with Gasteiger partial charge in [-0.1, -0.05) is 0 Å². The summed E-state index contributed by atoms with van der Waals surface area (Å²) < 4.78 is 11.1. The maximum absolute atomic E-state index is 11.3. The van der Waals surface area contributed by atoms with Crippen molar-refractivity contribution in [1.29, 1.82) is 0 Å². The van der Waals surface area contributed by atoms with Gasteiger partial charge in [0, 0.05) is 17.5 Å². The molecule has 1 aliphatic heterocycles. The van der Waals surface area contributed by atoms with Crippen molar-refractivity contribution < 1.29 is 19.2 Å². The maximum Gasteiger partial charge on any atom is 0.307 e. The minimum Gasteiger partial charge on any atom is -0.482 e. The molecule has 0 atom stereocenters. The van der Waals surface area contributed by atoms with E-state index in [9.17, 15) is 14.9 Å². The van der Waals surface area contributed by atoms with Gasteiger partial charge < -0.3 is 9.47 Å². The van der Waals surface area contributed by atoms with Crippen molar-refractivity contribution in [2.45, 2.75) is 19.9 Å². The molecule has 0 bridgehead atoms. The molecule has 1 aromatic heterocycles. The molecule has 3 rings (SSSR count). The lowest BCUT2D eigenvalue weighted by atomic mass is 10.2. The molecule has 0 unspecified atom stereocenters. The summed E-state index contributed by atoms with van der Waals surface area (Å²) in [4.78, 5) is 25.2. The van der Waals surface area contributed by atoms with Crippen LogP contribution in [0, 0.1) is 10.1 Å². The van der Waals surface area contributed by atoms with Gasteiger partial charge in [-0.15, -0.1) is 0 Å². The fraction of sp³-hybridized carbons (Fsp3) is 0.400. The zero-order valence-electron chi connectivity index (χ0n) is 13.3. The quantitative estimate of drug-likeness (QED) is 0.469. The number of rotatable bonds is 5. The van der Waals surface area contributed by atoms with Crippen LogP contribution in [-0.4, -0.2) is 46.8 Å². The molecule has 128 valence electrons. The third-order valence-electron chi connectivity index (χ3n) is 3.16. The second kappa shape index (κ2) is 8.61. The second-order valence-electron chi connectivity index (χ2n) is 4.81. The second-order valence-corrected chi connectivity index (χ2v) is 4.81. The minimum absolute atomic E-state index is 0.0254. The Morgan fingerprint density at radius 2 is 2.33 bits per heavy atom. The van der Waals surface area contributed by atoms with Crippen LogP contribution in [0.5, 0.6) is 0 Å². The summed E-state index contributed by atoms with van der Waals surface area (Å²) in [6.07, 6.45) is 3.26. The van der Waals surface area contributed by atoms with Crippen molar-refractivity contribution in [2.24, 2.45) is 4.99 Å². The third kappa shape index (κ3) is 4.77. The number of esters is 1. The zero-order valence-corrected chi connectivity index (χ0v) is 13.3. The number of carbonyl (C=O) groups excluding carboxylic acids is 1. The first-order chi connectivity index (χ1) is 11.6. The largest absolute Gasteiger partial charge is 0.482 e. The fourth-order valence-electron chi connectivity index (χ4n) is 2.06. The molecule has 2 aromatic rings. The molecule has 0 N–H and O–H groups in total. The van der Waals surface area contributed by atoms with Gasteiger partial charge in [-0.05, 0) is 13.0 Å². The van der Waals surface area contributed by atoms with Crippen LogP contribution in [0.15, 0.2) is 29.4 Å². The van der Waals surface area contributed by atoms with Crippen LogP contribution in [0.4, 0.5) is 5.69 Å². The first kappa shape index (κ1) is 17.4. The molecule has 9 nitrogen and oxygen atoms in total. The van der Waals surface area contributed by atoms with Crippen LogP contribution >= 0.6 is 0 Å². The van der Waals surface area contributed by atoms with Crippen LogP contribution < -0.4 is 0 Å². The third-order valence-corrected chi connectivity index (χ3v) is 3.16. The van der Waals surface area contributed by atoms with E-state index in [2.05, 4.69) is 14.8 Å². The fourth-order valence-corrected chi connectivity index (χ4v) is 2.06. The summed E-state index contributed by atoms with van der Waals surface area (Å²) in [5.41, 5.74) is 0.785. The van der Waals surface area contributed by atoms with E-state index in [1.54, 1.807) is 23.9 Å². The van der Waals surface area contributed by atoms with E-state index in [0.29, 0.717) is 18.5 Å². The van der Waals surface area contributed by atoms with Crippen molar-refractivity contribution in [3.05, 3.63) is 34.5 Å². The van der Waals surface area contributed by atoms with Gasteiger partial charge in [0.2, 0.25) is 0 Å². The molecule has 0 amide bonds. The first-order valence-electron chi connectivity index (χ1n) is 7.47. The first-order valence-corrected chi connectivity index (χ1v) is 7.47. The normalized spacial score (nSPS) is 12.4. The van der Waals surface area contributed by atoms with Gasteiger partial charge in [0.1, 0.15) is 6.61 Å². The van der Waals surface area contributed by atoms with Crippen LogP contribution in [0.3, 0.4) is 0 Å². The maximum atomic E-state index is 11.3. The van der Waals surface area contributed by atoms with Crippen LogP contribution in [0.25, 0.3) is 10.9 Å². The molecule has 0 saturated carbocycles. The smallest absolute Gasteiger partial charge is 0.307 e. The van der Waals surface area contributed by atoms with Crippen LogP contribution in [0.1, 0.15) is 13.3 Å². The van der Waals surface area contributed by atoms with E-state index in [1.807, 2.05) is 0 Å². The van der Waals surface area contributed by atoms with Crippen molar-refractivity contribution in [3.8, 4) is 0 Å². The number of nitro benzene ring substituents is 1. The Labute approximate surface area is 138 Å². The SMILES string of the molecule is C1=NCCO1.CCOC(=O)CCn1ncc2cc([N+](=O)[O-])ccc21. The predicted molar refractivity (Wildman–Crippen MR) is 86.9 cm³/mol. The van der Waals surface area contributed by atoms with Gasteiger partial charge >= 0.3 is 5.97 Å². The molecule has 1 aliphatic rings. The molecule has 0 spiro atoms. The topological polar surface area (TPSA) is 109 Å². The summed E-state index contributed by atoms with van der Waals surface area (Å²) in [5, 5.41) is 15.4. The van der Waals surface area contributed by atoms with Crippen LogP contribution in [-0.2, 0) is 20.8 Å². The highest BCUT2D eigenvalue weighted by atomic mass is 16.6. The Hall–Kier alpha value is -2.97. The molecular weight excluding hydrogens is 316 g/mol. The molecule has 0 fully saturated rings. The molecule has 9 heteroatoms. The number of hydrogen-bond acceptors (Lipinski definition) is 7. The summed E-state index contributed by atoms with van der Waals surface area (Å²) in [6, 6.07) is 4.51. The van der Waals surface area contributed by atoms with Crippen molar-refractivity contribution >= 4 is 29.0 Å². The van der Waals surface area contributed by atoms with E-state index in [1.165, 1.54) is 18.5 Å². The average molecular weight is 334 g/mol. The highest BCUT2D eigenvalue weighted by molar-refractivity contribution is 5.81. The zero-order chi connectivity index (χ0) is 17.4. The van der Waals surface area contributed by atoms with Gasteiger partial charge in [-0.3, -0.25) is 24.6 Å². The Bertz CT molecular complexity index is 735. The number of nitro groups is 1. The number of aliphatic imine (C=N–C) groups is 1. The molecule has 24 heavy (non-hydrogen) atoms. The molecular formula is C15H18N4O5. The van der Waals surface area contributed by atoms with E-state index < -0.39 is 4.92 Å². The molecule has 0 saturated heterocycles. The van der Waals surface area contributed by atoms with Gasteiger partial charge in [-0.25, -0.2) is 0 Å². The standard InChI is InChI=1S/C12H13N3O4.C3H5NO/c1-2-19-12(16)5-6-14-11-4-3-10(15(17)18)7-9(11)8-13-14;1-2-5-3-4-1/h3-4,7-8H,2,5-6H2,1H3;3H,1-2H2. The number of benzene rings is 1. The highest BCUT2D eigenvalue weighted by Crippen LogP contribution is 2.20. The van der Waals surface area contributed by atoms with E-state index >= 15 is 0 Å². The van der Waals surface area contributed by atoms with Gasteiger partial charge in [0.25, 0.3) is 5.69 Å². The summed E-state index contributed by atoms with van der Waals surface area (Å²) >= 11 is 0. The van der Waals surface area contributed by atoms with Crippen molar-refractivity contribution in [1.82, 2.24) is 9.78 Å². The summed E-state index contributed by atoms with van der Waals surface area (Å²) in [7, 11) is 0. The van der Waals surface area contributed by atoms with Gasteiger partial charge in [0.05, 0.1) is 42.8 Å². The van der Waals surface area contributed by atoms with Crippen LogP contribution in [0.2, 0.25) is 0 Å². The van der Waals surface area contributed by atoms with E-state index in [4.69, 9.17) is 4.74 Å². The lowest BCUT2D eigenvalue weighted by molar-refractivity contribution is -0.384. The number of aryl methyl sites for hydroxylation is 1. The molecule has 0 radical (unpaired) electrons. The lowest BCUT2D eigenvalue weighted by Crippen LogP contribution is -2.09. The lowest BCUT2D eigenvalue weighted by Gasteiger charge is -2.03. The van der Waals surface area contributed by atoms with E-state index in [0.717, 1.165) is 18.7 Å². The average Bonchev–Trinajstić information content (AvgIpc) is 3.26. The Kier molecular flexibility index (Phi) is 6.23. The summed E-state index contributed by atoms with van der Waals surface area (Å²) in [5.74, 6) is -0.284. The summed E-state index contributed by atoms with van der Waals surface area (Å²) in [6.45, 7) is 4.12. The number of non-ortho nitro benzene ring substituents is 1. The Morgan fingerprint density at radius 1 is 1.50 bits per heavy atom. The highest BCUT2D eigenvalue weighted by Gasteiger charge is 2.10. The number of nitrogens with zero attached hydrogens (tertiary/aromatic N) is 4. The van der Waals surface area contributed by atoms with Gasteiger partial charge in [-0.2, -0.15) is 5.10 Å². The Balaban J connectivity index is 0.000000355. The number of carbonyl (C=O) groups is 1. The predicted octanol–water partition coefficient (Wildman–Crippen LogP) is 1.94. The van der Waals surface area contributed by atoms with E-state index in [-0.39, 0.29) is 18.1 Å². The molecule has 2 heterocycles. The monoisotopic (exact) mass is 334 g/mol. The molecule has 0 aliphatic carbocycles. The number of hydrogen-bond donors (Lipinski definition) is 0. The minimum atomic E-state index is -0.449. The number of ether oxygens (including phenoxy) is 2. The molecule has 1 aromatic carbocycles. The Morgan fingerprint density at radius 3 is 2.92 bits per heavy atom. The van der Waals surface area contributed by atoms with Crippen molar-refractivity contribution in [2.75, 3.05) is 19.8 Å². The number of aromatic nitrogens is 2.